The topological polar surface area (TPSA) is 96.7 Å². The molecule has 172 valence electrons. The predicted molar refractivity (Wildman–Crippen MR) is 124 cm³/mol. The summed E-state index contributed by atoms with van der Waals surface area (Å²) >= 11 is 0. The van der Waals surface area contributed by atoms with Gasteiger partial charge in [0.15, 0.2) is 0 Å². The van der Waals surface area contributed by atoms with Gasteiger partial charge in [0, 0.05) is 30.4 Å². The summed E-state index contributed by atoms with van der Waals surface area (Å²) in [6, 6.07) is 16.4. The summed E-state index contributed by atoms with van der Waals surface area (Å²) in [5.74, 6) is 1.19. The Morgan fingerprint density at radius 1 is 1.09 bits per heavy atom. The quantitative estimate of drug-likeness (QED) is 0.586. The summed E-state index contributed by atoms with van der Waals surface area (Å²) in [6.45, 7) is 5.22. The number of piperidine rings is 1. The zero-order valence-electron chi connectivity index (χ0n) is 18.8. The molecular weight excluding hydrogens is 420 g/mol. The van der Waals surface area contributed by atoms with E-state index in [0.717, 1.165) is 22.7 Å². The third-order valence-electron chi connectivity index (χ3n) is 5.80. The second-order valence-corrected chi connectivity index (χ2v) is 8.15. The van der Waals surface area contributed by atoms with Crippen LogP contribution in [0.15, 0.2) is 59.1 Å². The molecule has 8 nitrogen and oxygen atoms in total. The number of carbonyl (C=O) groups is 2. The number of benzene rings is 2. The maximum atomic E-state index is 12.8. The van der Waals surface area contributed by atoms with Gasteiger partial charge in [0.25, 0.3) is 5.91 Å². The number of urea groups is 1. The van der Waals surface area contributed by atoms with E-state index >= 15 is 0 Å². The number of hydrogen-bond donors (Lipinski definition) is 2. The van der Waals surface area contributed by atoms with Crippen LogP contribution in [0.3, 0.4) is 0 Å². The van der Waals surface area contributed by atoms with E-state index in [2.05, 4.69) is 15.8 Å². The minimum Gasteiger partial charge on any atom is -0.489 e. The number of aryl methyl sites for hydroxylation is 2. The lowest BCUT2D eigenvalue weighted by Crippen LogP contribution is -2.47. The first-order valence-electron chi connectivity index (χ1n) is 11.1. The van der Waals surface area contributed by atoms with Crippen molar-refractivity contribution < 1.29 is 18.8 Å². The molecule has 3 amide bonds. The molecule has 33 heavy (non-hydrogen) atoms. The van der Waals surface area contributed by atoms with Crippen LogP contribution < -0.4 is 15.4 Å². The van der Waals surface area contributed by atoms with Crippen LogP contribution in [-0.4, -0.2) is 41.1 Å². The van der Waals surface area contributed by atoms with Crippen LogP contribution in [0.4, 0.5) is 10.5 Å². The van der Waals surface area contributed by atoms with Crippen LogP contribution in [-0.2, 0) is 6.61 Å². The van der Waals surface area contributed by atoms with E-state index < -0.39 is 0 Å². The highest BCUT2D eigenvalue weighted by molar-refractivity contribution is 5.94. The van der Waals surface area contributed by atoms with Crippen molar-refractivity contribution in [2.75, 3.05) is 18.4 Å². The van der Waals surface area contributed by atoms with E-state index in [1.54, 1.807) is 23.1 Å². The maximum Gasteiger partial charge on any atom is 0.321 e. The van der Waals surface area contributed by atoms with Crippen molar-refractivity contribution in [2.45, 2.75) is 39.3 Å². The molecule has 3 aromatic rings. The number of hydrogen-bond acceptors (Lipinski definition) is 5. The molecule has 1 aliphatic heterocycles. The van der Waals surface area contributed by atoms with Crippen molar-refractivity contribution in [2.24, 2.45) is 0 Å². The summed E-state index contributed by atoms with van der Waals surface area (Å²) in [5.41, 5.74) is 3.02. The summed E-state index contributed by atoms with van der Waals surface area (Å²) in [5, 5.41) is 9.91. The number of amides is 3. The van der Waals surface area contributed by atoms with Crippen molar-refractivity contribution in [3.63, 3.8) is 0 Å². The first-order valence-corrected chi connectivity index (χ1v) is 11.1. The molecule has 1 saturated heterocycles. The van der Waals surface area contributed by atoms with E-state index in [-0.39, 0.29) is 18.0 Å². The summed E-state index contributed by atoms with van der Waals surface area (Å²) in [6.07, 6.45) is 1.41. The molecule has 1 fully saturated rings. The van der Waals surface area contributed by atoms with Crippen LogP contribution in [0, 0.1) is 13.8 Å². The molecule has 0 aliphatic carbocycles. The highest BCUT2D eigenvalue weighted by Crippen LogP contribution is 2.19. The maximum absolute atomic E-state index is 12.8. The van der Waals surface area contributed by atoms with Gasteiger partial charge in [-0.15, -0.1) is 0 Å². The van der Waals surface area contributed by atoms with Gasteiger partial charge in [0.2, 0.25) is 0 Å². The third kappa shape index (κ3) is 5.71. The molecule has 0 spiro atoms. The van der Waals surface area contributed by atoms with Crippen molar-refractivity contribution in [3.8, 4) is 5.75 Å². The lowest BCUT2D eigenvalue weighted by molar-refractivity contribution is 0.0918. The van der Waals surface area contributed by atoms with E-state index in [4.69, 9.17) is 9.26 Å². The normalized spacial score (nSPS) is 14.1. The highest BCUT2D eigenvalue weighted by atomic mass is 16.5. The van der Waals surface area contributed by atoms with E-state index in [1.807, 2.05) is 50.2 Å². The van der Waals surface area contributed by atoms with Crippen molar-refractivity contribution in [1.82, 2.24) is 15.4 Å². The van der Waals surface area contributed by atoms with Crippen LogP contribution in [0.1, 0.15) is 40.2 Å². The van der Waals surface area contributed by atoms with E-state index in [9.17, 15) is 9.59 Å². The van der Waals surface area contributed by atoms with E-state index in [1.165, 1.54) is 0 Å². The SMILES string of the molecule is Cc1noc(C)c1COc1cccc(C(=O)NC2CCN(C(=O)Nc3ccccc3)CC2)c1. The number of likely N-dealkylation sites (tertiary alicyclic amines) is 1. The molecule has 0 radical (unpaired) electrons. The van der Waals surface area contributed by atoms with Gasteiger partial charge >= 0.3 is 6.03 Å². The van der Waals surface area contributed by atoms with Crippen LogP contribution in [0.5, 0.6) is 5.75 Å². The van der Waals surface area contributed by atoms with Gasteiger partial charge in [-0.3, -0.25) is 4.79 Å². The molecule has 2 heterocycles. The molecule has 0 unspecified atom stereocenters. The molecule has 1 aliphatic rings. The van der Waals surface area contributed by atoms with Gasteiger partial charge in [-0.05, 0) is 57.0 Å². The Bertz CT molecular complexity index is 1090. The van der Waals surface area contributed by atoms with Crippen LogP contribution in [0.2, 0.25) is 0 Å². The molecule has 8 heteroatoms. The highest BCUT2D eigenvalue weighted by Gasteiger charge is 2.24. The van der Waals surface area contributed by atoms with Crippen molar-refractivity contribution >= 4 is 17.6 Å². The van der Waals surface area contributed by atoms with Crippen molar-refractivity contribution in [1.29, 1.82) is 0 Å². The average molecular weight is 449 g/mol. The molecule has 0 atom stereocenters. The smallest absolute Gasteiger partial charge is 0.321 e. The number of para-hydroxylation sites is 1. The molecule has 2 N–H and O–H groups in total. The number of aromatic nitrogens is 1. The summed E-state index contributed by atoms with van der Waals surface area (Å²) < 4.78 is 11.0. The Hall–Kier alpha value is -3.81. The zero-order chi connectivity index (χ0) is 23.2. The Labute approximate surface area is 192 Å². The second-order valence-electron chi connectivity index (χ2n) is 8.15. The van der Waals surface area contributed by atoms with Gasteiger partial charge in [-0.1, -0.05) is 29.4 Å². The standard InChI is InChI=1S/C25H28N4O4/c1-17-23(18(2)33-28-17)16-32-22-10-6-7-19(15-22)24(30)26-21-11-13-29(14-12-21)25(31)27-20-8-4-3-5-9-20/h3-10,15,21H,11-14,16H2,1-2H3,(H,26,30)(H,27,31). The number of ether oxygens (including phenoxy) is 1. The molecule has 2 aromatic carbocycles. The first-order chi connectivity index (χ1) is 16.0. The fourth-order valence-corrected chi connectivity index (χ4v) is 3.81. The number of carbonyl (C=O) groups excluding carboxylic acids is 2. The third-order valence-corrected chi connectivity index (χ3v) is 5.80. The first kappa shape index (κ1) is 22.4. The average Bonchev–Trinajstić information content (AvgIpc) is 3.16. The fraction of sp³-hybridized carbons (Fsp3) is 0.320. The van der Waals surface area contributed by atoms with Gasteiger partial charge < -0.3 is 24.8 Å². The van der Waals surface area contributed by atoms with Gasteiger partial charge in [0.1, 0.15) is 18.1 Å². The lowest BCUT2D eigenvalue weighted by atomic mass is 10.0. The molecular formula is C25H28N4O4. The zero-order valence-corrected chi connectivity index (χ0v) is 18.8. The number of anilines is 1. The molecule has 4 rings (SSSR count). The van der Waals surface area contributed by atoms with Crippen molar-refractivity contribution in [3.05, 3.63) is 77.2 Å². The Morgan fingerprint density at radius 2 is 1.85 bits per heavy atom. The van der Waals surface area contributed by atoms with Gasteiger partial charge in [-0.2, -0.15) is 0 Å². The van der Waals surface area contributed by atoms with Crippen LogP contribution in [0.25, 0.3) is 0 Å². The number of nitrogens with zero attached hydrogens (tertiary/aromatic N) is 2. The van der Waals surface area contributed by atoms with E-state index in [0.29, 0.717) is 43.9 Å². The molecule has 1 aromatic heterocycles. The summed E-state index contributed by atoms with van der Waals surface area (Å²) in [4.78, 5) is 27.0. The minimum absolute atomic E-state index is 0.0187. The fourth-order valence-electron chi connectivity index (χ4n) is 3.81. The minimum atomic E-state index is -0.148. The van der Waals surface area contributed by atoms with Gasteiger partial charge in [0.05, 0.1) is 11.3 Å². The number of nitrogens with one attached hydrogen (secondary N) is 2. The van der Waals surface area contributed by atoms with Gasteiger partial charge in [-0.25, -0.2) is 4.79 Å². The second kappa shape index (κ2) is 10.2. The Balaban J connectivity index is 1.27. The predicted octanol–water partition coefficient (Wildman–Crippen LogP) is 4.30. The monoisotopic (exact) mass is 448 g/mol. The lowest BCUT2D eigenvalue weighted by Gasteiger charge is -2.32. The summed E-state index contributed by atoms with van der Waals surface area (Å²) in [7, 11) is 0. The molecule has 0 bridgehead atoms. The Kier molecular flexibility index (Phi) is 6.92. The molecule has 0 saturated carbocycles. The van der Waals surface area contributed by atoms with Crippen LogP contribution >= 0.6 is 0 Å². The largest absolute Gasteiger partial charge is 0.489 e. The number of rotatable bonds is 6. The Morgan fingerprint density at radius 3 is 2.55 bits per heavy atom.